The zero-order valence-electron chi connectivity index (χ0n) is 15.1. The van der Waals surface area contributed by atoms with Gasteiger partial charge in [0.05, 0.1) is 23.4 Å². The van der Waals surface area contributed by atoms with Crippen molar-refractivity contribution in [3.8, 4) is 11.4 Å². The number of hydrogen-bond donors (Lipinski definition) is 2. The quantitative estimate of drug-likeness (QED) is 0.335. The van der Waals surface area contributed by atoms with Crippen molar-refractivity contribution < 1.29 is 14.3 Å². The molecule has 0 saturated heterocycles. The second-order valence-corrected chi connectivity index (χ2v) is 7.49. The number of methoxy groups -OCH3 is 1. The third kappa shape index (κ3) is 5.00. The lowest BCUT2D eigenvalue weighted by Gasteiger charge is -2.07. The van der Waals surface area contributed by atoms with Crippen LogP contribution in [-0.2, 0) is 9.53 Å². The normalized spacial score (nSPS) is 10.6. The molecule has 0 aliphatic carbocycles. The summed E-state index contributed by atoms with van der Waals surface area (Å²) in [6, 6.07) is 11.3. The van der Waals surface area contributed by atoms with Gasteiger partial charge in [0, 0.05) is 16.3 Å². The molecule has 150 valence electrons. The summed E-state index contributed by atoms with van der Waals surface area (Å²) >= 11 is 13.2. The Balaban J connectivity index is 1.62. The molecule has 1 aromatic heterocycles. The van der Waals surface area contributed by atoms with Gasteiger partial charge < -0.3 is 15.9 Å². The van der Waals surface area contributed by atoms with Gasteiger partial charge in [-0.05, 0) is 42.5 Å². The van der Waals surface area contributed by atoms with Gasteiger partial charge in [-0.3, -0.25) is 4.79 Å². The minimum Gasteiger partial charge on any atom is -0.465 e. The third-order valence-corrected chi connectivity index (χ3v) is 5.25. The fourth-order valence-corrected chi connectivity index (χ4v) is 3.51. The monoisotopic (exact) mass is 451 g/mol. The number of thioether (sulfide) groups is 1. The molecule has 0 fully saturated rings. The lowest BCUT2D eigenvalue weighted by atomic mass is 10.2. The number of benzene rings is 2. The van der Waals surface area contributed by atoms with Crippen LogP contribution in [0.25, 0.3) is 11.4 Å². The van der Waals surface area contributed by atoms with Gasteiger partial charge in [-0.1, -0.05) is 35.0 Å². The van der Waals surface area contributed by atoms with Gasteiger partial charge in [-0.25, -0.2) is 9.47 Å². The number of nitrogens with one attached hydrogen (secondary N) is 1. The summed E-state index contributed by atoms with van der Waals surface area (Å²) < 4.78 is 5.89. The Bertz CT molecular complexity index is 1060. The number of aromatic nitrogens is 3. The van der Waals surface area contributed by atoms with Crippen molar-refractivity contribution >= 4 is 52.5 Å². The third-order valence-electron chi connectivity index (χ3n) is 3.76. The number of amides is 1. The first-order valence-corrected chi connectivity index (χ1v) is 9.90. The Labute approximate surface area is 180 Å². The molecule has 1 heterocycles. The highest BCUT2D eigenvalue weighted by Crippen LogP contribution is 2.30. The first-order chi connectivity index (χ1) is 13.9. The minimum absolute atomic E-state index is 0.0580. The summed E-state index contributed by atoms with van der Waals surface area (Å²) in [4.78, 5) is 23.6. The minimum atomic E-state index is -0.447. The topological polar surface area (TPSA) is 112 Å². The van der Waals surface area contributed by atoms with Crippen LogP contribution in [0.15, 0.2) is 47.6 Å². The van der Waals surface area contributed by atoms with Crippen molar-refractivity contribution in [3.05, 3.63) is 58.1 Å². The van der Waals surface area contributed by atoms with E-state index in [9.17, 15) is 9.59 Å². The van der Waals surface area contributed by atoms with E-state index in [1.165, 1.54) is 11.8 Å². The molecule has 3 aromatic rings. The molecule has 3 rings (SSSR count). The maximum Gasteiger partial charge on any atom is 0.337 e. The van der Waals surface area contributed by atoms with E-state index < -0.39 is 5.97 Å². The number of nitrogen functional groups attached to an aromatic ring is 1. The molecular formula is C18H15Cl2N5O3S. The van der Waals surface area contributed by atoms with Crippen LogP contribution in [-0.4, -0.2) is 39.6 Å². The van der Waals surface area contributed by atoms with Gasteiger partial charge in [0.25, 0.3) is 0 Å². The maximum absolute atomic E-state index is 12.2. The molecule has 8 nitrogen and oxygen atoms in total. The molecular weight excluding hydrogens is 437 g/mol. The number of carbonyl (C=O) groups excluding carboxylic acids is 2. The Morgan fingerprint density at radius 2 is 1.90 bits per heavy atom. The molecule has 1 amide bonds. The highest BCUT2D eigenvalue weighted by molar-refractivity contribution is 7.99. The summed E-state index contributed by atoms with van der Waals surface area (Å²) in [6.45, 7) is 0. The van der Waals surface area contributed by atoms with Crippen molar-refractivity contribution in [1.82, 2.24) is 14.9 Å². The fourth-order valence-electron chi connectivity index (χ4n) is 2.36. The van der Waals surface area contributed by atoms with Crippen LogP contribution in [0.1, 0.15) is 10.4 Å². The molecule has 2 aromatic carbocycles. The zero-order chi connectivity index (χ0) is 21.0. The van der Waals surface area contributed by atoms with Gasteiger partial charge in [0.1, 0.15) is 0 Å². The molecule has 0 unspecified atom stereocenters. The van der Waals surface area contributed by atoms with Gasteiger partial charge in [-0.15, -0.1) is 10.2 Å². The first-order valence-electron chi connectivity index (χ1n) is 8.16. The number of rotatable bonds is 6. The predicted molar refractivity (Wildman–Crippen MR) is 113 cm³/mol. The van der Waals surface area contributed by atoms with Crippen LogP contribution in [0.2, 0.25) is 10.0 Å². The highest BCUT2D eigenvalue weighted by atomic mass is 35.5. The lowest BCUT2D eigenvalue weighted by molar-refractivity contribution is -0.113. The van der Waals surface area contributed by atoms with E-state index in [2.05, 4.69) is 20.3 Å². The summed E-state index contributed by atoms with van der Waals surface area (Å²) in [5, 5.41) is 12.0. The summed E-state index contributed by atoms with van der Waals surface area (Å²) in [5.41, 5.74) is 1.52. The molecule has 29 heavy (non-hydrogen) atoms. The molecule has 0 aliphatic heterocycles. The lowest BCUT2D eigenvalue weighted by Crippen LogP contribution is -2.16. The first kappa shape index (κ1) is 21.0. The number of carbonyl (C=O) groups is 2. The number of nitrogens with zero attached hydrogens (tertiary/aromatic N) is 3. The van der Waals surface area contributed by atoms with Crippen LogP contribution < -0.4 is 11.2 Å². The molecule has 0 bridgehead atoms. The Morgan fingerprint density at radius 1 is 1.17 bits per heavy atom. The Hall–Kier alpha value is -2.75. The fraction of sp³-hybridized carbons (Fsp3) is 0.111. The predicted octanol–water partition coefficient (Wildman–Crippen LogP) is 3.48. The molecule has 0 saturated carbocycles. The number of esters is 1. The average molecular weight is 452 g/mol. The molecule has 0 spiro atoms. The van der Waals surface area contributed by atoms with Gasteiger partial charge in [0.15, 0.2) is 5.82 Å². The summed E-state index contributed by atoms with van der Waals surface area (Å²) in [7, 11) is 1.30. The van der Waals surface area contributed by atoms with Crippen molar-refractivity contribution in [2.45, 2.75) is 5.16 Å². The smallest absolute Gasteiger partial charge is 0.337 e. The van der Waals surface area contributed by atoms with Crippen LogP contribution in [0.3, 0.4) is 0 Å². The second-order valence-electron chi connectivity index (χ2n) is 5.71. The van der Waals surface area contributed by atoms with Gasteiger partial charge in [-0.2, -0.15) is 0 Å². The van der Waals surface area contributed by atoms with E-state index in [1.807, 2.05) is 0 Å². The molecule has 11 heteroatoms. The van der Waals surface area contributed by atoms with Crippen LogP contribution in [0.4, 0.5) is 5.69 Å². The Kier molecular flexibility index (Phi) is 6.63. The number of halogens is 2. The van der Waals surface area contributed by atoms with Crippen molar-refractivity contribution in [2.75, 3.05) is 24.0 Å². The van der Waals surface area contributed by atoms with Crippen LogP contribution >= 0.6 is 35.0 Å². The van der Waals surface area contributed by atoms with Crippen LogP contribution in [0.5, 0.6) is 0 Å². The molecule has 0 aliphatic rings. The summed E-state index contributed by atoms with van der Waals surface area (Å²) in [6.07, 6.45) is 0. The second kappa shape index (κ2) is 9.17. The molecule has 0 atom stereocenters. The largest absolute Gasteiger partial charge is 0.465 e. The zero-order valence-corrected chi connectivity index (χ0v) is 17.4. The van der Waals surface area contributed by atoms with E-state index in [4.69, 9.17) is 29.0 Å². The SMILES string of the molecule is COC(=O)c1ccc(NC(=O)CSc2nnc(-c3ccc(Cl)cc3Cl)n2N)cc1. The standard InChI is InChI=1S/C18H15Cl2N5O3S/c1-28-17(27)10-2-5-12(6-3-10)22-15(26)9-29-18-24-23-16(25(18)21)13-7-4-11(19)8-14(13)20/h2-8H,9,21H2,1H3,(H,22,26). The van der Waals surface area contributed by atoms with E-state index in [0.717, 1.165) is 11.8 Å². The van der Waals surface area contributed by atoms with E-state index in [0.29, 0.717) is 37.8 Å². The van der Waals surface area contributed by atoms with E-state index in [1.54, 1.807) is 42.5 Å². The highest BCUT2D eigenvalue weighted by Gasteiger charge is 2.16. The van der Waals surface area contributed by atoms with Crippen LogP contribution in [0, 0.1) is 0 Å². The number of anilines is 1. The maximum atomic E-state index is 12.2. The summed E-state index contributed by atoms with van der Waals surface area (Å²) in [5.74, 6) is 5.74. The number of nitrogens with two attached hydrogens (primary N) is 1. The molecule has 3 N–H and O–H groups in total. The van der Waals surface area contributed by atoms with Gasteiger partial charge in [0.2, 0.25) is 11.1 Å². The van der Waals surface area contributed by atoms with E-state index in [-0.39, 0.29) is 11.7 Å². The van der Waals surface area contributed by atoms with Gasteiger partial charge >= 0.3 is 5.97 Å². The Morgan fingerprint density at radius 3 is 2.55 bits per heavy atom. The number of ether oxygens (including phenoxy) is 1. The van der Waals surface area contributed by atoms with Crippen molar-refractivity contribution in [1.29, 1.82) is 0 Å². The van der Waals surface area contributed by atoms with Crippen molar-refractivity contribution in [3.63, 3.8) is 0 Å². The number of hydrogen-bond acceptors (Lipinski definition) is 7. The average Bonchev–Trinajstić information content (AvgIpc) is 3.06. The van der Waals surface area contributed by atoms with Crippen molar-refractivity contribution in [2.24, 2.45) is 0 Å². The molecule has 0 radical (unpaired) electrons. The van der Waals surface area contributed by atoms with E-state index >= 15 is 0 Å².